The maximum atomic E-state index is 5.93. The summed E-state index contributed by atoms with van der Waals surface area (Å²) in [7, 11) is 0. The average Bonchev–Trinajstić information content (AvgIpc) is 3.10. The van der Waals surface area contributed by atoms with Crippen LogP contribution in [0, 0.1) is 12.8 Å². The molecule has 2 aromatic rings. The Labute approximate surface area is 108 Å². The predicted molar refractivity (Wildman–Crippen MR) is 73.2 cm³/mol. The Morgan fingerprint density at radius 1 is 1.33 bits per heavy atom. The highest BCUT2D eigenvalue weighted by Crippen LogP contribution is 2.40. The quantitative estimate of drug-likeness (QED) is 0.894. The number of rotatable bonds is 4. The number of aryl methyl sites for hydroxylation is 1. The van der Waals surface area contributed by atoms with Crippen molar-refractivity contribution in [1.82, 2.24) is 9.55 Å². The third-order valence-electron chi connectivity index (χ3n) is 3.78. The normalized spacial score (nSPS) is 16.8. The lowest BCUT2D eigenvalue weighted by Gasteiger charge is -2.19. The van der Waals surface area contributed by atoms with Crippen LogP contribution in [0.2, 0.25) is 0 Å². The SMILES string of the molecule is Cc1ccc(-c2cncn2C(CN)C2CC2)cc1. The van der Waals surface area contributed by atoms with Crippen LogP contribution in [-0.4, -0.2) is 16.1 Å². The van der Waals surface area contributed by atoms with Gasteiger partial charge in [-0.2, -0.15) is 0 Å². The second-order valence-corrected chi connectivity index (χ2v) is 5.19. The van der Waals surface area contributed by atoms with Crippen molar-refractivity contribution in [1.29, 1.82) is 0 Å². The van der Waals surface area contributed by atoms with Crippen LogP contribution >= 0.6 is 0 Å². The van der Waals surface area contributed by atoms with Crippen LogP contribution in [0.25, 0.3) is 11.3 Å². The second kappa shape index (κ2) is 4.58. The molecular formula is C15H19N3. The first-order valence-corrected chi connectivity index (χ1v) is 6.58. The summed E-state index contributed by atoms with van der Waals surface area (Å²) in [5.74, 6) is 0.744. The second-order valence-electron chi connectivity index (χ2n) is 5.19. The largest absolute Gasteiger partial charge is 0.328 e. The molecule has 3 heteroatoms. The van der Waals surface area contributed by atoms with E-state index >= 15 is 0 Å². The monoisotopic (exact) mass is 241 g/mol. The Bertz CT molecular complexity index is 523. The van der Waals surface area contributed by atoms with Crippen molar-refractivity contribution in [3.63, 3.8) is 0 Å². The van der Waals surface area contributed by atoms with Crippen molar-refractivity contribution in [2.45, 2.75) is 25.8 Å². The molecule has 1 aromatic heterocycles. The minimum Gasteiger partial charge on any atom is -0.328 e. The molecule has 1 saturated carbocycles. The molecule has 1 aliphatic rings. The number of nitrogens with two attached hydrogens (primary N) is 1. The highest BCUT2D eigenvalue weighted by molar-refractivity contribution is 5.59. The molecular weight excluding hydrogens is 222 g/mol. The van der Waals surface area contributed by atoms with Gasteiger partial charge < -0.3 is 10.3 Å². The summed E-state index contributed by atoms with van der Waals surface area (Å²) in [4.78, 5) is 4.31. The van der Waals surface area contributed by atoms with Crippen LogP contribution in [0.5, 0.6) is 0 Å². The molecule has 3 nitrogen and oxygen atoms in total. The molecule has 1 heterocycles. The van der Waals surface area contributed by atoms with Gasteiger partial charge in [0.05, 0.1) is 24.3 Å². The van der Waals surface area contributed by atoms with Crippen molar-refractivity contribution in [2.24, 2.45) is 11.7 Å². The molecule has 1 unspecified atom stereocenters. The summed E-state index contributed by atoms with van der Waals surface area (Å²) >= 11 is 0. The van der Waals surface area contributed by atoms with Crippen LogP contribution in [0.1, 0.15) is 24.4 Å². The lowest BCUT2D eigenvalue weighted by Crippen LogP contribution is -2.21. The van der Waals surface area contributed by atoms with Gasteiger partial charge in [0.25, 0.3) is 0 Å². The molecule has 1 fully saturated rings. The maximum Gasteiger partial charge on any atom is 0.0954 e. The van der Waals surface area contributed by atoms with Gasteiger partial charge in [0, 0.05) is 6.54 Å². The number of nitrogens with zero attached hydrogens (tertiary/aromatic N) is 2. The van der Waals surface area contributed by atoms with Crippen LogP contribution < -0.4 is 5.73 Å². The molecule has 94 valence electrons. The van der Waals surface area contributed by atoms with Crippen molar-refractivity contribution >= 4 is 0 Å². The standard InChI is InChI=1S/C15H19N3/c1-11-2-4-13(5-3-11)15-9-17-10-18(15)14(8-16)12-6-7-12/h2-5,9-10,12,14H,6-8,16H2,1H3. The minimum absolute atomic E-state index is 0.406. The summed E-state index contributed by atoms with van der Waals surface area (Å²) in [6, 6.07) is 9.00. The Balaban J connectivity index is 1.97. The van der Waals surface area contributed by atoms with Gasteiger partial charge in [-0.3, -0.25) is 0 Å². The van der Waals surface area contributed by atoms with Crippen molar-refractivity contribution in [3.8, 4) is 11.3 Å². The zero-order chi connectivity index (χ0) is 12.5. The zero-order valence-electron chi connectivity index (χ0n) is 10.7. The van der Waals surface area contributed by atoms with Gasteiger partial charge in [-0.25, -0.2) is 4.98 Å². The smallest absolute Gasteiger partial charge is 0.0954 e. The van der Waals surface area contributed by atoms with Crippen LogP contribution in [0.4, 0.5) is 0 Å². The van der Waals surface area contributed by atoms with Crippen LogP contribution in [0.3, 0.4) is 0 Å². The molecule has 3 rings (SSSR count). The zero-order valence-corrected chi connectivity index (χ0v) is 10.7. The summed E-state index contributed by atoms with van der Waals surface area (Å²) in [6.45, 7) is 2.80. The molecule has 0 radical (unpaired) electrons. The van der Waals surface area contributed by atoms with E-state index in [1.165, 1.54) is 29.7 Å². The van der Waals surface area contributed by atoms with E-state index in [9.17, 15) is 0 Å². The summed E-state index contributed by atoms with van der Waals surface area (Å²) in [5.41, 5.74) is 9.61. The van der Waals surface area contributed by atoms with E-state index < -0.39 is 0 Å². The molecule has 0 saturated heterocycles. The molecule has 2 N–H and O–H groups in total. The topological polar surface area (TPSA) is 43.8 Å². The van der Waals surface area contributed by atoms with E-state index in [0.717, 1.165) is 5.92 Å². The number of hydrogen-bond donors (Lipinski definition) is 1. The van der Waals surface area contributed by atoms with E-state index in [4.69, 9.17) is 5.73 Å². The van der Waals surface area contributed by atoms with Gasteiger partial charge in [0.1, 0.15) is 0 Å². The average molecular weight is 241 g/mol. The molecule has 0 bridgehead atoms. The molecule has 1 aromatic carbocycles. The molecule has 0 spiro atoms. The van der Waals surface area contributed by atoms with Crippen molar-refractivity contribution in [2.75, 3.05) is 6.54 Å². The number of benzene rings is 1. The van der Waals surface area contributed by atoms with E-state index in [1.807, 2.05) is 12.5 Å². The van der Waals surface area contributed by atoms with Crippen molar-refractivity contribution < 1.29 is 0 Å². The lowest BCUT2D eigenvalue weighted by molar-refractivity contribution is 0.458. The number of hydrogen-bond acceptors (Lipinski definition) is 2. The summed E-state index contributed by atoms with van der Waals surface area (Å²) < 4.78 is 2.25. The van der Waals surface area contributed by atoms with Gasteiger partial charge in [-0.05, 0) is 31.2 Å². The molecule has 1 aliphatic carbocycles. The highest BCUT2D eigenvalue weighted by atomic mass is 15.1. The number of imidazole rings is 1. The lowest BCUT2D eigenvalue weighted by atomic mass is 10.1. The Hall–Kier alpha value is -1.61. The summed E-state index contributed by atoms with van der Waals surface area (Å²) in [5, 5.41) is 0. The van der Waals surface area contributed by atoms with Gasteiger partial charge in [-0.15, -0.1) is 0 Å². The van der Waals surface area contributed by atoms with Crippen LogP contribution in [0.15, 0.2) is 36.8 Å². The highest BCUT2D eigenvalue weighted by Gasteiger charge is 2.32. The van der Waals surface area contributed by atoms with E-state index in [2.05, 4.69) is 40.7 Å². The predicted octanol–water partition coefficient (Wildman–Crippen LogP) is 2.77. The van der Waals surface area contributed by atoms with Crippen molar-refractivity contribution in [3.05, 3.63) is 42.4 Å². The van der Waals surface area contributed by atoms with Crippen LogP contribution in [-0.2, 0) is 0 Å². The van der Waals surface area contributed by atoms with E-state index in [1.54, 1.807) is 0 Å². The molecule has 18 heavy (non-hydrogen) atoms. The van der Waals surface area contributed by atoms with Gasteiger partial charge in [0.15, 0.2) is 0 Å². The van der Waals surface area contributed by atoms with Gasteiger partial charge in [0.2, 0.25) is 0 Å². The maximum absolute atomic E-state index is 5.93. The fourth-order valence-electron chi connectivity index (χ4n) is 2.53. The molecule has 1 atom stereocenters. The third-order valence-corrected chi connectivity index (χ3v) is 3.78. The Morgan fingerprint density at radius 3 is 2.67 bits per heavy atom. The first kappa shape index (κ1) is 11.5. The fourth-order valence-corrected chi connectivity index (χ4v) is 2.53. The Morgan fingerprint density at radius 2 is 2.06 bits per heavy atom. The first-order valence-electron chi connectivity index (χ1n) is 6.58. The molecule has 0 aliphatic heterocycles. The Kier molecular flexibility index (Phi) is 2.92. The van der Waals surface area contributed by atoms with E-state index in [-0.39, 0.29) is 0 Å². The van der Waals surface area contributed by atoms with E-state index in [0.29, 0.717) is 12.6 Å². The fraction of sp³-hybridized carbons (Fsp3) is 0.400. The third kappa shape index (κ3) is 2.06. The summed E-state index contributed by atoms with van der Waals surface area (Å²) in [6.07, 6.45) is 6.46. The minimum atomic E-state index is 0.406. The van der Waals surface area contributed by atoms with Gasteiger partial charge in [-0.1, -0.05) is 29.8 Å². The van der Waals surface area contributed by atoms with Gasteiger partial charge >= 0.3 is 0 Å². The molecule has 0 amide bonds. The number of aromatic nitrogens is 2. The first-order chi connectivity index (χ1) is 8.79.